The molecule has 0 aromatic rings. The van der Waals surface area contributed by atoms with E-state index < -0.39 is 19.5 Å². The number of allylic oxidation sites excluding steroid dienone is 1. The molecule has 1 fully saturated rings. The molecule has 0 unspecified atom stereocenters. The lowest BCUT2D eigenvalue weighted by atomic mass is 9.72. The van der Waals surface area contributed by atoms with E-state index in [2.05, 4.69) is 46.0 Å². The Labute approximate surface area is 151 Å². The van der Waals surface area contributed by atoms with Gasteiger partial charge in [0.1, 0.15) is 5.60 Å². The summed E-state index contributed by atoms with van der Waals surface area (Å²) in [6, 6.07) is 0. The van der Waals surface area contributed by atoms with Crippen molar-refractivity contribution in [3.63, 3.8) is 0 Å². The molecular formula is C19H30O3SSi. The van der Waals surface area contributed by atoms with Gasteiger partial charge in [-0.05, 0) is 42.8 Å². The maximum atomic E-state index is 12.9. The van der Waals surface area contributed by atoms with E-state index in [9.17, 15) is 9.90 Å². The Balaban J connectivity index is 2.15. The number of fused-ring (bicyclic) bond motifs is 5. The van der Waals surface area contributed by atoms with Gasteiger partial charge in [0.05, 0.1) is 0 Å². The van der Waals surface area contributed by atoms with Crippen molar-refractivity contribution in [1.82, 2.24) is 0 Å². The summed E-state index contributed by atoms with van der Waals surface area (Å²) in [6.45, 7) is 11.1. The lowest BCUT2D eigenvalue weighted by Gasteiger charge is -2.52. The summed E-state index contributed by atoms with van der Waals surface area (Å²) in [5.41, 5.74) is -2.23. The number of carbonyl (C=O) groups is 1. The zero-order valence-corrected chi connectivity index (χ0v) is 17.4. The van der Waals surface area contributed by atoms with E-state index in [0.717, 1.165) is 6.42 Å². The number of rotatable bonds is 4. The van der Waals surface area contributed by atoms with Gasteiger partial charge in [0.2, 0.25) is 0 Å². The van der Waals surface area contributed by atoms with Gasteiger partial charge >= 0.3 is 0 Å². The summed E-state index contributed by atoms with van der Waals surface area (Å²) >= 11 is 1.67. The molecule has 0 heterocycles. The summed E-state index contributed by atoms with van der Waals surface area (Å²) < 4.78 is 6.93. The normalized spacial score (nSPS) is 41.1. The van der Waals surface area contributed by atoms with E-state index in [-0.39, 0.29) is 28.6 Å². The maximum absolute atomic E-state index is 12.9. The van der Waals surface area contributed by atoms with Crippen LogP contribution in [0.5, 0.6) is 0 Å². The van der Waals surface area contributed by atoms with Crippen LogP contribution in [-0.4, -0.2) is 42.4 Å². The molecule has 5 heteroatoms. The quantitative estimate of drug-likeness (QED) is 0.607. The van der Waals surface area contributed by atoms with Crippen LogP contribution in [0.2, 0.25) is 18.1 Å². The zero-order valence-electron chi connectivity index (χ0n) is 15.6. The highest BCUT2D eigenvalue weighted by Crippen LogP contribution is 2.62. The van der Waals surface area contributed by atoms with Crippen LogP contribution >= 0.6 is 11.8 Å². The van der Waals surface area contributed by atoms with Gasteiger partial charge in [-0.1, -0.05) is 39.0 Å². The lowest BCUT2D eigenvalue weighted by molar-refractivity contribution is -0.163. The van der Waals surface area contributed by atoms with E-state index in [1.165, 1.54) is 0 Å². The Morgan fingerprint density at radius 1 is 1.33 bits per heavy atom. The minimum absolute atomic E-state index is 0.0311. The summed E-state index contributed by atoms with van der Waals surface area (Å²) in [6.07, 6.45) is 10.8. The topological polar surface area (TPSA) is 46.5 Å². The Morgan fingerprint density at radius 2 is 2.00 bits per heavy atom. The monoisotopic (exact) mass is 366 g/mol. The van der Waals surface area contributed by atoms with Gasteiger partial charge in [0, 0.05) is 17.6 Å². The molecule has 3 rings (SSSR count). The van der Waals surface area contributed by atoms with Crippen LogP contribution < -0.4 is 0 Å². The van der Waals surface area contributed by atoms with Gasteiger partial charge < -0.3 is 9.53 Å². The Hall–Kier alpha value is -0.363. The van der Waals surface area contributed by atoms with Gasteiger partial charge in [-0.15, -0.1) is 0 Å². The molecule has 0 aromatic carbocycles. The fourth-order valence-electron chi connectivity index (χ4n) is 4.57. The number of carbonyl (C=O) groups excluding carboxylic acids is 1. The van der Waals surface area contributed by atoms with Crippen molar-refractivity contribution in [2.75, 3.05) is 12.0 Å². The molecule has 5 atom stereocenters. The van der Waals surface area contributed by atoms with Gasteiger partial charge in [0.15, 0.2) is 19.7 Å². The lowest BCUT2D eigenvalue weighted by Crippen LogP contribution is -2.68. The molecule has 134 valence electrons. The molecule has 1 saturated carbocycles. The average molecular weight is 367 g/mol. The van der Waals surface area contributed by atoms with Crippen LogP contribution in [0.3, 0.4) is 0 Å². The predicted octanol–water partition coefficient (Wildman–Crippen LogP) is 3.80. The van der Waals surface area contributed by atoms with Gasteiger partial charge in [-0.3, -0.25) is 4.79 Å². The number of hydrogen-bond acceptors (Lipinski definition) is 4. The van der Waals surface area contributed by atoms with Crippen molar-refractivity contribution >= 4 is 25.9 Å². The van der Waals surface area contributed by atoms with Crippen LogP contribution in [0, 0.1) is 17.8 Å². The highest BCUT2D eigenvalue weighted by molar-refractivity contribution is 7.98. The standard InChI is InChI=1S/C19H30O3SSi/c1-17(2,3)24(5,6)22-18(12-23-4)14-10-11-16(20)19(18,21)15-9-7-8-13(14)15/h7,9-11,13-15,21H,8,12H2,1-6H3/t13-,14+,15-,18-,19-/m0/s1. The minimum atomic E-state index is -2.15. The third kappa shape index (κ3) is 2.21. The van der Waals surface area contributed by atoms with E-state index in [4.69, 9.17) is 4.43 Å². The molecule has 0 aliphatic heterocycles. The number of hydrogen-bond donors (Lipinski definition) is 1. The SMILES string of the molecule is CSC[C@]1(O[Si](C)(C)C(C)(C)C)[C@@H]2C=CC(=O)[C@@]1(O)[C@H]1C=CC[C@@H]21. The molecule has 0 aromatic heterocycles. The minimum Gasteiger partial charge on any atom is -0.406 e. The Morgan fingerprint density at radius 3 is 2.58 bits per heavy atom. The molecule has 0 spiro atoms. The smallest absolute Gasteiger partial charge is 0.193 e. The molecule has 0 saturated heterocycles. The zero-order chi connectivity index (χ0) is 18.0. The highest BCUT2D eigenvalue weighted by atomic mass is 32.2. The second-order valence-corrected chi connectivity index (χ2v) is 14.6. The molecule has 3 nitrogen and oxygen atoms in total. The summed E-state index contributed by atoms with van der Waals surface area (Å²) in [7, 11) is -2.15. The number of ketones is 1. The third-order valence-corrected chi connectivity index (χ3v) is 12.0. The molecule has 0 amide bonds. The van der Waals surface area contributed by atoms with Crippen LogP contribution in [0.4, 0.5) is 0 Å². The average Bonchev–Trinajstić information content (AvgIpc) is 2.96. The maximum Gasteiger partial charge on any atom is 0.193 e. The first-order chi connectivity index (χ1) is 11.0. The summed E-state index contributed by atoms with van der Waals surface area (Å²) in [5.74, 6) is 0.723. The van der Waals surface area contributed by atoms with Crippen molar-refractivity contribution < 1.29 is 14.3 Å². The second-order valence-electron chi connectivity index (χ2n) is 9.05. The van der Waals surface area contributed by atoms with E-state index >= 15 is 0 Å². The van der Waals surface area contributed by atoms with Crippen LogP contribution in [0.25, 0.3) is 0 Å². The van der Waals surface area contributed by atoms with Crippen molar-refractivity contribution in [3.05, 3.63) is 24.3 Å². The van der Waals surface area contributed by atoms with Gasteiger partial charge in [-0.25, -0.2) is 0 Å². The Kier molecular flexibility index (Phi) is 4.27. The second kappa shape index (κ2) is 5.57. The molecule has 0 radical (unpaired) electrons. The van der Waals surface area contributed by atoms with Crippen LogP contribution in [0.15, 0.2) is 24.3 Å². The van der Waals surface area contributed by atoms with Crippen LogP contribution in [0.1, 0.15) is 27.2 Å². The molecule has 3 aliphatic rings. The first-order valence-corrected chi connectivity index (χ1v) is 13.1. The van der Waals surface area contributed by atoms with Crippen LogP contribution in [-0.2, 0) is 9.22 Å². The molecular weight excluding hydrogens is 336 g/mol. The highest BCUT2D eigenvalue weighted by Gasteiger charge is 2.73. The van der Waals surface area contributed by atoms with E-state index in [1.54, 1.807) is 17.8 Å². The predicted molar refractivity (Wildman–Crippen MR) is 103 cm³/mol. The van der Waals surface area contributed by atoms with Gasteiger partial charge in [0.25, 0.3) is 0 Å². The molecule has 24 heavy (non-hydrogen) atoms. The fourth-order valence-corrected chi connectivity index (χ4v) is 7.15. The van der Waals surface area contributed by atoms with Crippen molar-refractivity contribution in [2.24, 2.45) is 17.8 Å². The molecule has 3 aliphatic carbocycles. The molecule has 2 bridgehead atoms. The van der Waals surface area contributed by atoms with E-state index in [0.29, 0.717) is 5.75 Å². The first kappa shape index (κ1) is 18.4. The van der Waals surface area contributed by atoms with E-state index in [1.807, 2.05) is 12.3 Å². The first-order valence-electron chi connectivity index (χ1n) is 8.82. The summed E-state index contributed by atoms with van der Waals surface area (Å²) in [5, 5.41) is 11.8. The third-order valence-electron chi connectivity index (χ3n) is 6.77. The number of thioether (sulfide) groups is 1. The number of aliphatic hydroxyl groups is 1. The summed E-state index contributed by atoms with van der Waals surface area (Å²) in [4.78, 5) is 12.9. The van der Waals surface area contributed by atoms with Crippen molar-refractivity contribution in [2.45, 2.75) is 56.5 Å². The molecule has 1 N–H and O–H groups in total. The van der Waals surface area contributed by atoms with Crippen molar-refractivity contribution in [1.29, 1.82) is 0 Å². The van der Waals surface area contributed by atoms with Crippen molar-refractivity contribution in [3.8, 4) is 0 Å². The van der Waals surface area contributed by atoms with Gasteiger partial charge in [-0.2, -0.15) is 11.8 Å². The largest absolute Gasteiger partial charge is 0.406 e. The fraction of sp³-hybridized carbons (Fsp3) is 0.737. The Bertz CT molecular complexity index is 606.